The third-order valence-corrected chi connectivity index (χ3v) is 6.05. The second-order valence-corrected chi connectivity index (χ2v) is 8.22. The van der Waals surface area contributed by atoms with Crippen molar-refractivity contribution in [3.05, 3.63) is 42.7 Å². The van der Waals surface area contributed by atoms with Crippen molar-refractivity contribution in [2.75, 3.05) is 0 Å². The number of hydrogen-bond acceptors (Lipinski definition) is 3. The molecule has 0 spiro atoms. The van der Waals surface area contributed by atoms with Crippen LogP contribution in [0.2, 0.25) is 0 Å². The lowest BCUT2D eigenvalue weighted by atomic mass is 9.87. The summed E-state index contributed by atoms with van der Waals surface area (Å²) in [6, 6.07) is 6.18. The van der Waals surface area contributed by atoms with Gasteiger partial charge in [-0.1, -0.05) is 0 Å². The van der Waals surface area contributed by atoms with Gasteiger partial charge in [0.1, 0.15) is 0 Å². The summed E-state index contributed by atoms with van der Waals surface area (Å²) in [7, 11) is 0. The van der Waals surface area contributed by atoms with Gasteiger partial charge < -0.3 is 5.32 Å². The van der Waals surface area contributed by atoms with Crippen LogP contribution in [0.25, 0.3) is 0 Å². The van der Waals surface area contributed by atoms with Crippen LogP contribution in [0.1, 0.15) is 34.1 Å². The first-order valence-corrected chi connectivity index (χ1v) is 8.81. The monoisotopic (exact) mass is 355 g/mol. The smallest absolute Gasteiger partial charge is 0.227 e. The van der Waals surface area contributed by atoms with Gasteiger partial charge >= 0.3 is 0 Å². The minimum atomic E-state index is 0.0541. The Hall–Kier alpha value is -0.650. The lowest BCUT2D eigenvalue weighted by Gasteiger charge is -2.21. The Balaban J connectivity index is 1.65. The second-order valence-electron chi connectivity index (χ2n) is 4.67. The van der Waals surface area contributed by atoms with Crippen molar-refractivity contribution < 1.29 is 4.79 Å². The quantitative estimate of drug-likeness (QED) is 0.873. The number of thiophene rings is 2. The maximum absolute atomic E-state index is 12.3. The number of aryl methyl sites for hydroxylation is 1. The van der Waals surface area contributed by atoms with E-state index < -0.39 is 0 Å². The van der Waals surface area contributed by atoms with Gasteiger partial charge in [-0.05, 0) is 64.3 Å². The molecule has 5 heteroatoms. The highest BCUT2D eigenvalue weighted by Crippen LogP contribution is 2.35. The fourth-order valence-corrected chi connectivity index (χ4v) is 4.91. The van der Waals surface area contributed by atoms with Crippen LogP contribution < -0.4 is 5.32 Å². The van der Waals surface area contributed by atoms with Gasteiger partial charge in [0.2, 0.25) is 5.91 Å². The highest BCUT2D eigenvalue weighted by Gasteiger charge is 2.26. The van der Waals surface area contributed by atoms with Crippen molar-refractivity contribution in [2.24, 2.45) is 0 Å². The predicted octanol–water partition coefficient (Wildman–Crippen LogP) is 4.31. The largest absolute Gasteiger partial charge is 0.351 e. The second kappa shape index (κ2) is 5.77. The predicted molar refractivity (Wildman–Crippen MR) is 83.9 cm³/mol. The van der Waals surface area contributed by atoms with Crippen molar-refractivity contribution in [3.8, 4) is 0 Å². The molecular weight excluding hydrogens is 342 g/mol. The van der Waals surface area contributed by atoms with E-state index in [1.807, 2.05) is 12.1 Å². The van der Waals surface area contributed by atoms with E-state index in [2.05, 4.69) is 32.7 Å². The van der Waals surface area contributed by atoms with E-state index in [1.54, 1.807) is 22.7 Å². The molecule has 0 fully saturated rings. The first-order chi connectivity index (χ1) is 9.24. The van der Waals surface area contributed by atoms with E-state index in [1.165, 1.54) is 15.3 Å². The van der Waals surface area contributed by atoms with Crippen molar-refractivity contribution in [2.45, 2.75) is 31.7 Å². The first-order valence-electron chi connectivity index (χ1n) is 6.32. The van der Waals surface area contributed by atoms with Crippen LogP contribution in [0.4, 0.5) is 0 Å². The van der Waals surface area contributed by atoms with E-state index in [4.69, 9.17) is 0 Å². The molecule has 0 bridgehead atoms. The van der Waals surface area contributed by atoms with Gasteiger partial charge in [-0.25, -0.2) is 0 Å². The zero-order valence-electron chi connectivity index (χ0n) is 10.3. The van der Waals surface area contributed by atoms with Crippen LogP contribution in [0.15, 0.2) is 27.4 Å². The minimum absolute atomic E-state index is 0.0541. The van der Waals surface area contributed by atoms with Crippen LogP contribution in [0.3, 0.4) is 0 Å². The van der Waals surface area contributed by atoms with Gasteiger partial charge in [-0.15, -0.1) is 22.7 Å². The summed E-state index contributed by atoms with van der Waals surface area (Å²) < 4.78 is 1.11. The summed E-state index contributed by atoms with van der Waals surface area (Å²) in [6.45, 7) is 0.630. The fourth-order valence-electron chi connectivity index (χ4n) is 2.50. The molecule has 0 aliphatic heterocycles. The Kier molecular flexibility index (Phi) is 4.05. The molecular formula is C14H14BrNOS2. The summed E-state index contributed by atoms with van der Waals surface area (Å²) in [5.74, 6) is 0.224. The molecule has 19 heavy (non-hydrogen) atoms. The molecule has 1 unspecified atom stereocenters. The van der Waals surface area contributed by atoms with E-state index in [9.17, 15) is 4.79 Å². The van der Waals surface area contributed by atoms with E-state index in [0.29, 0.717) is 6.54 Å². The SMILES string of the molecule is O=C(NCc1ccc(Br)s1)C1CCCc2sccc21. The lowest BCUT2D eigenvalue weighted by molar-refractivity contribution is -0.123. The number of nitrogens with one attached hydrogen (secondary N) is 1. The number of carbonyl (C=O) groups is 1. The van der Waals surface area contributed by atoms with Gasteiger partial charge in [-0.3, -0.25) is 4.79 Å². The highest BCUT2D eigenvalue weighted by atomic mass is 79.9. The standard InChI is InChI=1S/C14H14BrNOS2/c15-13-5-4-9(19-13)8-16-14(17)11-2-1-3-12-10(11)6-7-18-12/h4-7,11H,1-3,8H2,(H,16,17). The Labute approximate surface area is 129 Å². The average molecular weight is 356 g/mol. The number of halogens is 1. The highest BCUT2D eigenvalue weighted by molar-refractivity contribution is 9.11. The molecule has 1 amide bonds. The minimum Gasteiger partial charge on any atom is -0.351 e. The van der Waals surface area contributed by atoms with E-state index in [-0.39, 0.29) is 11.8 Å². The molecule has 1 aliphatic carbocycles. The van der Waals surface area contributed by atoms with E-state index >= 15 is 0 Å². The van der Waals surface area contributed by atoms with Crippen LogP contribution in [0.5, 0.6) is 0 Å². The third-order valence-electron chi connectivity index (χ3n) is 3.43. The van der Waals surface area contributed by atoms with Crippen molar-refractivity contribution in [1.82, 2.24) is 5.32 Å². The van der Waals surface area contributed by atoms with Crippen LogP contribution in [0, 0.1) is 0 Å². The average Bonchev–Trinajstić information content (AvgIpc) is 3.03. The van der Waals surface area contributed by atoms with Crippen molar-refractivity contribution >= 4 is 44.5 Å². The van der Waals surface area contributed by atoms with Gasteiger partial charge in [0.15, 0.2) is 0 Å². The Morgan fingerprint density at radius 1 is 1.42 bits per heavy atom. The van der Waals surface area contributed by atoms with Crippen LogP contribution in [-0.4, -0.2) is 5.91 Å². The zero-order valence-corrected chi connectivity index (χ0v) is 13.5. The van der Waals surface area contributed by atoms with Gasteiger partial charge in [0.25, 0.3) is 0 Å². The van der Waals surface area contributed by atoms with Crippen LogP contribution >= 0.6 is 38.6 Å². The Morgan fingerprint density at radius 3 is 3.11 bits per heavy atom. The van der Waals surface area contributed by atoms with Crippen LogP contribution in [-0.2, 0) is 17.8 Å². The normalized spacial score (nSPS) is 18.1. The maximum atomic E-state index is 12.3. The summed E-state index contributed by atoms with van der Waals surface area (Å²) >= 11 is 6.89. The molecule has 0 radical (unpaired) electrons. The molecule has 1 N–H and O–H groups in total. The summed E-state index contributed by atoms with van der Waals surface area (Å²) in [5, 5.41) is 5.17. The van der Waals surface area contributed by atoms with Gasteiger partial charge in [0, 0.05) is 9.75 Å². The number of hydrogen-bond donors (Lipinski definition) is 1. The Morgan fingerprint density at radius 2 is 2.32 bits per heavy atom. The molecule has 2 aromatic heterocycles. The third kappa shape index (κ3) is 2.93. The molecule has 1 aliphatic rings. The number of carbonyl (C=O) groups excluding carboxylic acids is 1. The van der Waals surface area contributed by atoms with Crippen molar-refractivity contribution in [1.29, 1.82) is 0 Å². The molecule has 0 saturated carbocycles. The molecule has 100 valence electrons. The van der Waals surface area contributed by atoms with Gasteiger partial charge in [-0.2, -0.15) is 0 Å². The number of fused-ring (bicyclic) bond motifs is 1. The molecule has 0 saturated heterocycles. The van der Waals surface area contributed by atoms with Gasteiger partial charge in [0.05, 0.1) is 16.2 Å². The fraction of sp³-hybridized carbons (Fsp3) is 0.357. The summed E-state index contributed by atoms with van der Waals surface area (Å²) in [6.07, 6.45) is 3.23. The number of rotatable bonds is 3. The molecule has 3 rings (SSSR count). The molecule has 0 aromatic carbocycles. The van der Waals surface area contributed by atoms with Crippen molar-refractivity contribution in [3.63, 3.8) is 0 Å². The molecule has 2 nitrogen and oxygen atoms in total. The summed E-state index contributed by atoms with van der Waals surface area (Å²) in [5.41, 5.74) is 1.25. The maximum Gasteiger partial charge on any atom is 0.227 e. The zero-order chi connectivity index (χ0) is 13.2. The van der Waals surface area contributed by atoms with E-state index in [0.717, 1.165) is 23.0 Å². The molecule has 2 heterocycles. The summed E-state index contributed by atoms with van der Waals surface area (Å²) in [4.78, 5) is 14.9. The molecule has 2 aromatic rings. The number of amides is 1. The topological polar surface area (TPSA) is 29.1 Å². The molecule has 1 atom stereocenters. The Bertz CT molecular complexity index is 590. The lowest BCUT2D eigenvalue weighted by Crippen LogP contribution is -2.30. The first kappa shape index (κ1) is 13.3.